The van der Waals surface area contributed by atoms with Gasteiger partial charge in [0.1, 0.15) is 11.6 Å². The van der Waals surface area contributed by atoms with Crippen molar-refractivity contribution >= 4 is 11.6 Å². The quantitative estimate of drug-likeness (QED) is 0.725. The molecule has 1 rings (SSSR count). The second-order valence-corrected chi connectivity index (χ2v) is 3.83. The van der Waals surface area contributed by atoms with Gasteiger partial charge in [0.15, 0.2) is 0 Å². The van der Waals surface area contributed by atoms with Crippen LogP contribution in [0.5, 0.6) is 0 Å². The van der Waals surface area contributed by atoms with Crippen molar-refractivity contribution in [1.29, 1.82) is 0 Å². The van der Waals surface area contributed by atoms with Crippen LogP contribution in [0.15, 0.2) is 12.4 Å². The van der Waals surface area contributed by atoms with E-state index >= 15 is 0 Å². The Labute approximate surface area is 83.6 Å². The van der Waals surface area contributed by atoms with Crippen molar-refractivity contribution in [3.05, 3.63) is 12.4 Å². The molecule has 0 atom stereocenters. The lowest BCUT2D eigenvalue weighted by Gasteiger charge is -2.34. The standard InChI is InChI=1S/C9H16N4O/c1-9(2,6-14)13(3)8-5-11-4-7(10)12-8/h4-5,14H,6H2,1-3H3,(H2,10,12). The van der Waals surface area contributed by atoms with Crippen LogP contribution >= 0.6 is 0 Å². The average molecular weight is 196 g/mol. The summed E-state index contributed by atoms with van der Waals surface area (Å²) in [4.78, 5) is 9.90. The van der Waals surface area contributed by atoms with Crippen molar-refractivity contribution in [2.24, 2.45) is 0 Å². The van der Waals surface area contributed by atoms with E-state index in [1.165, 1.54) is 6.20 Å². The lowest BCUT2D eigenvalue weighted by Crippen LogP contribution is -2.44. The third-order valence-corrected chi connectivity index (χ3v) is 2.28. The number of aliphatic hydroxyl groups is 1. The first-order chi connectivity index (χ1) is 6.47. The fourth-order valence-electron chi connectivity index (χ4n) is 0.948. The molecule has 1 aromatic heterocycles. The van der Waals surface area contributed by atoms with Crippen LogP contribution in [0.4, 0.5) is 11.6 Å². The zero-order valence-corrected chi connectivity index (χ0v) is 8.73. The molecule has 0 radical (unpaired) electrons. The van der Waals surface area contributed by atoms with Gasteiger partial charge in [0.2, 0.25) is 0 Å². The highest BCUT2D eigenvalue weighted by atomic mass is 16.3. The number of nitrogen functional groups attached to an aromatic ring is 1. The SMILES string of the molecule is CN(c1cncc(N)n1)C(C)(C)CO. The molecule has 14 heavy (non-hydrogen) atoms. The summed E-state index contributed by atoms with van der Waals surface area (Å²) in [6.07, 6.45) is 3.11. The first-order valence-corrected chi connectivity index (χ1v) is 4.39. The number of nitrogens with zero attached hydrogens (tertiary/aromatic N) is 3. The summed E-state index contributed by atoms with van der Waals surface area (Å²) in [5.41, 5.74) is 5.15. The molecule has 5 nitrogen and oxygen atoms in total. The highest BCUT2D eigenvalue weighted by molar-refractivity contribution is 5.42. The molecule has 0 aliphatic heterocycles. The molecule has 1 aromatic rings. The average Bonchev–Trinajstić information content (AvgIpc) is 2.16. The van der Waals surface area contributed by atoms with Crippen LogP contribution in [0.2, 0.25) is 0 Å². The van der Waals surface area contributed by atoms with Crippen molar-refractivity contribution in [3.63, 3.8) is 0 Å². The van der Waals surface area contributed by atoms with Crippen LogP contribution in [0.3, 0.4) is 0 Å². The predicted octanol–water partition coefficient (Wildman–Crippen LogP) is 0.266. The zero-order valence-electron chi connectivity index (χ0n) is 8.73. The molecule has 0 amide bonds. The first-order valence-electron chi connectivity index (χ1n) is 4.39. The van der Waals surface area contributed by atoms with Gasteiger partial charge in [0, 0.05) is 7.05 Å². The van der Waals surface area contributed by atoms with E-state index in [0.29, 0.717) is 11.6 Å². The van der Waals surface area contributed by atoms with Gasteiger partial charge in [-0.3, -0.25) is 4.98 Å². The third-order valence-electron chi connectivity index (χ3n) is 2.28. The van der Waals surface area contributed by atoms with Gasteiger partial charge >= 0.3 is 0 Å². The maximum Gasteiger partial charge on any atom is 0.149 e. The van der Waals surface area contributed by atoms with Crippen molar-refractivity contribution in [2.45, 2.75) is 19.4 Å². The van der Waals surface area contributed by atoms with Gasteiger partial charge in [0.05, 0.1) is 24.5 Å². The first kappa shape index (κ1) is 10.7. The van der Waals surface area contributed by atoms with Gasteiger partial charge in [-0.05, 0) is 13.8 Å². The molecule has 78 valence electrons. The van der Waals surface area contributed by atoms with E-state index in [0.717, 1.165) is 0 Å². The Morgan fingerprint density at radius 3 is 2.64 bits per heavy atom. The third kappa shape index (κ3) is 2.11. The van der Waals surface area contributed by atoms with Gasteiger partial charge in [-0.2, -0.15) is 0 Å². The largest absolute Gasteiger partial charge is 0.394 e. The Kier molecular flexibility index (Phi) is 2.90. The summed E-state index contributed by atoms with van der Waals surface area (Å²) >= 11 is 0. The molecule has 0 unspecified atom stereocenters. The normalized spacial score (nSPS) is 11.4. The van der Waals surface area contributed by atoms with E-state index in [1.807, 2.05) is 25.8 Å². The van der Waals surface area contributed by atoms with Gasteiger partial charge in [-0.1, -0.05) is 0 Å². The fraction of sp³-hybridized carbons (Fsp3) is 0.556. The molecule has 0 bridgehead atoms. The summed E-state index contributed by atoms with van der Waals surface area (Å²) in [6.45, 7) is 3.87. The second-order valence-electron chi connectivity index (χ2n) is 3.83. The predicted molar refractivity (Wildman–Crippen MR) is 56.0 cm³/mol. The number of hydrogen-bond donors (Lipinski definition) is 2. The molecular weight excluding hydrogens is 180 g/mol. The van der Waals surface area contributed by atoms with Crippen LogP contribution in [0.25, 0.3) is 0 Å². The highest BCUT2D eigenvalue weighted by Gasteiger charge is 2.23. The molecule has 5 heteroatoms. The fourth-order valence-corrected chi connectivity index (χ4v) is 0.948. The molecule has 0 aliphatic carbocycles. The molecule has 0 saturated heterocycles. The van der Waals surface area contributed by atoms with Crippen molar-refractivity contribution in [2.75, 3.05) is 24.3 Å². The minimum absolute atomic E-state index is 0.0416. The Bertz CT molecular complexity index is 313. The number of aliphatic hydroxyl groups excluding tert-OH is 1. The van der Waals surface area contributed by atoms with Crippen LogP contribution in [-0.2, 0) is 0 Å². The second kappa shape index (κ2) is 3.79. The van der Waals surface area contributed by atoms with E-state index in [1.54, 1.807) is 6.20 Å². The van der Waals surface area contributed by atoms with Gasteiger partial charge in [-0.15, -0.1) is 0 Å². The van der Waals surface area contributed by atoms with Crippen LogP contribution < -0.4 is 10.6 Å². The lowest BCUT2D eigenvalue weighted by molar-refractivity contribution is 0.215. The van der Waals surface area contributed by atoms with Crippen LogP contribution in [0, 0.1) is 0 Å². The molecule has 0 aromatic carbocycles. The number of likely N-dealkylation sites (N-methyl/N-ethyl adjacent to an activating group) is 1. The number of anilines is 2. The molecule has 0 aliphatic rings. The summed E-state index contributed by atoms with van der Waals surface area (Å²) in [7, 11) is 1.85. The monoisotopic (exact) mass is 196 g/mol. The van der Waals surface area contributed by atoms with E-state index in [-0.39, 0.29) is 12.1 Å². The van der Waals surface area contributed by atoms with Gasteiger partial charge < -0.3 is 15.7 Å². The van der Waals surface area contributed by atoms with Crippen LogP contribution in [-0.4, -0.2) is 34.3 Å². The van der Waals surface area contributed by atoms with Crippen molar-refractivity contribution in [3.8, 4) is 0 Å². The Morgan fingerprint density at radius 2 is 2.14 bits per heavy atom. The van der Waals surface area contributed by atoms with E-state index in [2.05, 4.69) is 9.97 Å². The van der Waals surface area contributed by atoms with E-state index in [4.69, 9.17) is 5.73 Å². The number of aromatic nitrogens is 2. The van der Waals surface area contributed by atoms with Gasteiger partial charge in [0.25, 0.3) is 0 Å². The Morgan fingerprint density at radius 1 is 1.50 bits per heavy atom. The van der Waals surface area contributed by atoms with Crippen molar-refractivity contribution in [1.82, 2.24) is 9.97 Å². The minimum Gasteiger partial charge on any atom is -0.394 e. The number of nitrogens with two attached hydrogens (primary N) is 1. The summed E-state index contributed by atoms with van der Waals surface area (Å²) in [5, 5.41) is 9.17. The molecule has 3 N–H and O–H groups in total. The summed E-state index contributed by atoms with van der Waals surface area (Å²) < 4.78 is 0. The number of hydrogen-bond acceptors (Lipinski definition) is 5. The number of rotatable bonds is 3. The van der Waals surface area contributed by atoms with Crippen molar-refractivity contribution < 1.29 is 5.11 Å². The molecule has 0 saturated carbocycles. The maximum absolute atomic E-state index is 9.17. The van der Waals surface area contributed by atoms with E-state index < -0.39 is 0 Å². The summed E-state index contributed by atoms with van der Waals surface area (Å²) in [6, 6.07) is 0. The molecule has 0 fully saturated rings. The Hall–Kier alpha value is -1.36. The molecule has 0 spiro atoms. The van der Waals surface area contributed by atoms with Crippen LogP contribution in [0.1, 0.15) is 13.8 Å². The zero-order chi connectivity index (χ0) is 10.8. The maximum atomic E-state index is 9.17. The van der Waals surface area contributed by atoms with E-state index in [9.17, 15) is 5.11 Å². The topological polar surface area (TPSA) is 75.3 Å². The molecular formula is C9H16N4O. The smallest absolute Gasteiger partial charge is 0.149 e. The Balaban J connectivity index is 2.94. The minimum atomic E-state index is -0.373. The molecule has 1 heterocycles. The van der Waals surface area contributed by atoms with Gasteiger partial charge in [-0.25, -0.2) is 4.98 Å². The highest BCUT2D eigenvalue weighted by Crippen LogP contribution is 2.19. The lowest BCUT2D eigenvalue weighted by atomic mass is 10.1. The summed E-state index contributed by atoms with van der Waals surface area (Å²) in [5.74, 6) is 1.03.